The molecule has 0 atom stereocenters. The van der Waals surface area contributed by atoms with Crippen LogP contribution in [0.2, 0.25) is 0 Å². The van der Waals surface area contributed by atoms with Crippen LogP contribution in [-0.4, -0.2) is 12.8 Å². The fraction of sp³-hybridized carbons (Fsp3) is 0.364. The van der Waals surface area contributed by atoms with Crippen LogP contribution in [0.3, 0.4) is 0 Å². The average molecular weight is 255 g/mol. The van der Waals surface area contributed by atoms with E-state index < -0.39 is 0 Å². The molecule has 1 rings (SSSR count). The third-order valence-corrected chi connectivity index (χ3v) is 2.73. The predicted octanol–water partition coefficient (Wildman–Crippen LogP) is 3.66. The van der Waals surface area contributed by atoms with E-state index in [-0.39, 0.29) is 0 Å². The van der Waals surface area contributed by atoms with E-state index in [1.165, 1.54) is 12.6 Å². The smallest absolute Gasteiger partial charge is 0.0440 e. The number of benzene rings is 1. The van der Waals surface area contributed by atoms with Gasteiger partial charge >= 0.3 is 0 Å². The molecule has 0 saturated carbocycles. The van der Waals surface area contributed by atoms with Gasteiger partial charge in [0, 0.05) is 28.5 Å². The molecule has 0 aliphatic carbocycles. The maximum atomic E-state index is 7.31. The molecule has 3 heteroatoms. The summed E-state index contributed by atoms with van der Waals surface area (Å²) in [6, 6.07) is 5.93. The summed E-state index contributed by atoms with van der Waals surface area (Å²) in [5.74, 6) is 0. The van der Waals surface area contributed by atoms with E-state index in [1.807, 2.05) is 18.2 Å². The van der Waals surface area contributed by atoms with Crippen molar-refractivity contribution >= 4 is 27.8 Å². The van der Waals surface area contributed by atoms with Gasteiger partial charge in [-0.2, -0.15) is 0 Å². The quantitative estimate of drug-likeness (QED) is 0.611. The lowest BCUT2D eigenvalue weighted by Crippen LogP contribution is -2.03. The van der Waals surface area contributed by atoms with E-state index in [1.54, 1.807) is 0 Å². The van der Waals surface area contributed by atoms with Crippen LogP contribution in [0.25, 0.3) is 0 Å². The second-order valence-electron chi connectivity index (χ2n) is 3.13. The first-order valence-electron chi connectivity index (χ1n) is 4.82. The monoisotopic (exact) mass is 254 g/mol. The summed E-state index contributed by atoms with van der Waals surface area (Å²) < 4.78 is 0.967. The molecule has 0 radical (unpaired) electrons. The van der Waals surface area contributed by atoms with Crippen LogP contribution >= 0.6 is 15.9 Å². The molecule has 76 valence electrons. The molecule has 1 aromatic rings. The molecule has 0 unspecified atom stereocenters. The van der Waals surface area contributed by atoms with E-state index in [0.29, 0.717) is 0 Å². The minimum atomic E-state index is 0.920. The molecular weight excluding hydrogens is 240 g/mol. The summed E-state index contributed by atoms with van der Waals surface area (Å²) in [6.45, 7) is 3.13. The molecule has 14 heavy (non-hydrogen) atoms. The van der Waals surface area contributed by atoms with Gasteiger partial charge in [-0.25, -0.2) is 0 Å². The Bertz CT molecular complexity index is 310. The minimum absolute atomic E-state index is 0.920. The molecule has 2 N–H and O–H groups in total. The van der Waals surface area contributed by atoms with Crippen LogP contribution in [-0.2, 0) is 0 Å². The van der Waals surface area contributed by atoms with E-state index in [2.05, 4.69) is 28.2 Å². The van der Waals surface area contributed by atoms with E-state index in [9.17, 15) is 0 Å². The number of nitrogens with one attached hydrogen (secondary N) is 2. The Morgan fingerprint density at radius 2 is 2.29 bits per heavy atom. The zero-order chi connectivity index (χ0) is 10.4. The molecule has 0 fully saturated rings. The Morgan fingerprint density at radius 3 is 2.93 bits per heavy atom. The Kier molecular flexibility index (Phi) is 4.66. The molecular formula is C11H15BrN2. The SMILES string of the molecule is CCCCNc1cccc(Br)c1C=N. The Morgan fingerprint density at radius 1 is 1.50 bits per heavy atom. The number of unbranched alkanes of at least 4 members (excludes halogenated alkanes) is 1. The van der Waals surface area contributed by atoms with E-state index in [0.717, 1.165) is 28.7 Å². The molecule has 0 saturated heterocycles. The second-order valence-corrected chi connectivity index (χ2v) is 3.98. The van der Waals surface area contributed by atoms with Crippen LogP contribution in [0.1, 0.15) is 25.3 Å². The number of anilines is 1. The zero-order valence-corrected chi connectivity index (χ0v) is 9.89. The molecule has 0 bridgehead atoms. The summed E-state index contributed by atoms with van der Waals surface area (Å²) in [5, 5.41) is 10.6. The van der Waals surface area contributed by atoms with Gasteiger partial charge in [0.05, 0.1) is 0 Å². The summed E-state index contributed by atoms with van der Waals surface area (Å²) in [4.78, 5) is 0. The Hall–Kier alpha value is -0.830. The van der Waals surface area contributed by atoms with E-state index >= 15 is 0 Å². The maximum Gasteiger partial charge on any atom is 0.0440 e. The van der Waals surface area contributed by atoms with Crippen molar-refractivity contribution < 1.29 is 0 Å². The molecule has 1 aromatic carbocycles. The first kappa shape index (κ1) is 11.2. The minimum Gasteiger partial charge on any atom is -0.384 e. The summed E-state index contributed by atoms with van der Waals surface area (Å²) in [5.41, 5.74) is 1.95. The van der Waals surface area contributed by atoms with Crippen molar-refractivity contribution in [1.29, 1.82) is 5.41 Å². The first-order chi connectivity index (χ1) is 6.79. The van der Waals surface area contributed by atoms with Gasteiger partial charge in [-0.3, -0.25) is 0 Å². The highest BCUT2D eigenvalue weighted by Gasteiger charge is 2.02. The van der Waals surface area contributed by atoms with Gasteiger partial charge in [-0.05, 0) is 18.6 Å². The number of halogens is 1. The normalized spacial score (nSPS) is 9.86. The molecule has 0 amide bonds. The van der Waals surface area contributed by atoms with Crippen LogP contribution in [0.4, 0.5) is 5.69 Å². The summed E-state index contributed by atoms with van der Waals surface area (Å²) in [7, 11) is 0. The zero-order valence-electron chi connectivity index (χ0n) is 8.31. The van der Waals surface area contributed by atoms with Crippen molar-refractivity contribution in [2.45, 2.75) is 19.8 Å². The highest BCUT2D eigenvalue weighted by atomic mass is 79.9. The topological polar surface area (TPSA) is 35.9 Å². The van der Waals surface area contributed by atoms with Gasteiger partial charge < -0.3 is 10.7 Å². The van der Waals surface area contributed by atoms with E-state index in [4.69, 9.17) is 5.41 Å². The number of hydrogen-bond donors (Lipinski definition) is 2. The molecule has 0 heterocycles. The molecule has 2 nitrogen and oxygen atoms in total. The highest BCUT2D eigenvalue weighted by molar-refractivity contribution is 9.10. The van der Waals surface area contributed by atoms with Crippen molar-refractivity contribution in [2.24, 2.45) is 0 Å². The van der Waals surface area contributed by atoms with Gasteiger partial charge in [0.1, 0.15) is 0 Å². The molecule has 0 spiro atoms. The van der Waals surface area contributed by atoms with Crippen LogP contribution in [0.15, 0.2) is 22.7 Å². The van der Waals surface area contributed by atoms with Crippen molar-refractivity contribution in [3.05, 3.63) is 28.2 Å². The largest absolute Gasteiger partial charge is 0.384 e. The van der Waals surface area contributed by atoms with Crippen molar-refractivity contribution in [1.82, 2.24) is 0 Å². The first-order valence-corrected chi connectivity index (χ1v) is 5.61. The van der Waals surface area contributed by atoms with Gasteiger partial charge in [-0.15, -0.1) is 0 Å². The van der Waals surface area contributed by atoms with Crippen molar-refractivity contribution in [2.75, 3.05) is 11.9 Å². The lowest BCUT2D eigenvalue weighted by molar-refractivity contribution is 0.834. The van der Waals surface area contributed by atoms with Gasteiger partial charge in [-0.1, -0.05) is 35.3 Å². The summed E-state index contributed by atoms with van der Waals surface area (Å²) in [6.07, 6.45) is 3.71. The average Bonchev–Trinajstić information content (AvgIpc) is 2.18. The number of hydrogen-bond acceptors (Lipinski definition) is 2. The van der Waals surface area contributed by atoms with Gasteiger partial charge in [0.15, 0.2) is 0 Å². The van der Waals surface area contributed by atoms with Crippen LogP contribution in [0, 0.1) is 5.41 Å². The lowest BCUT2D eigenvalue weighted by Gasteiger charge is -2.09. The molecule has 0 aromatic heterocycles. The maximum absolute atomic E-state index is 7.31. The lowest BCUT2D eigenvalue weighted by atomic mass is 10.2. The van der Waals surface area contributed by atoms with Crippen molar-refractivity contribution in [3.63, 3.8) is 0 Å². The molecule has 0 aliphatic rings. The Balaban J connectivity index is 2.75. The fourth-order valence-corrected chi connectivity index (χ4v) is 1.72. The molecule has 0 aliphatic heterocycles. The third-order valence-electron chi connectivity index (χ3n) is 2.04. The standard InChI is InChI=1S/C11H15BrN2/c1-2-3-7-14-11-6-4-5-10(12)9(11)8-13/h4-6,8,13-14H,2-3,7H2,1H3. The third kappa shape index (κ3) is 2.84. The fourth-order valence-electron chi connectivity index (χ4n) is 1.24. The Labute approximate surface area is 93.4 Å². The number of rotatable bonds is 5. The second kappa shape index (κ2) is 5.81. The predicted molar refractivity (Wildman–Crippen MR) is 65.4 cm³/mol. The highest BCUT2D eigenvalue weighted by Crippen LogP contribution is 2.22. The van der Waals surface area contributed by atoms with Crippen LogP contribution in [0.5, 0.6) is 0 Å². The van der Waals surface area contributed by atoms with Gasteiger partial charge in [0.2, 0.25) is 0 Å². The van der Waals surface area contributed by atoms with Crippen molar-refractivity contribution in [3.8, 4) is 0 Å². The summed E-state index contributed by atoms with van der Waals surface area (Å²) >= 11 is 3.43. The van der Waals surface area contributed by atoms with Crippen LogP contribution < -0.4 is 5.32 Å². The van der Waals surface area contributed by atoms with Gasteiger partial charge in [0.25, 0.3) is 0 Å².